The molecule has 3 rings (SSSR count). The number of hydrogen-bond donors (Lipinski definition) is 1. The molecule has 1 aliphatic rings. The molecular weight excluding hydrogens is 286 g/mol. The van der Waals surface area contributed by atoms with Crippen LogP contribution in [0.3, 0.4) is 0 Å². The summed E-state index contributed by atoms with van der Waals surface area (Å²) in [5, 5.41) is 8.99. The Morgan fingerprint density at radius 2 is 2.18 bits per heavy atom. The molecule has 7 heteroatoms. The van der Waals surface area contributed by atoms with Gasteiger partial charge in [0.25, 0.3) is 11.5 Å². The maximum absolute atomic E-state index is 12.4. The molecule has 0 radical (unpaired) electrons. The molecule has 1 N–H and O–H groups in total. The van der Waals surface area contributed by atoms with Crippen molar-refractivity contribution in [2.75, 3.05) is 13.1 Å². The Bertz CT molecular complexity index is 827. The molecule has 0 saturated carbocycles. The number of amides is 1. The molecule has 1 aliphatic heterocycles. The van der Waals surface area contributed by atoms with Crippen LogP contribution in [-0.4, -0.2) is 44.4 Å². The van der Waals surface area contributed by atoms with Gasteiger partial charge in [-0.15, -0.1) is 0 Å². The molecule has 3 heterocycles. The number of likely N-dealkylation sites (tertiary alicyclic amines) is 1. The van der Waals surface area contributed by atoms with E-state index >= 15 is 0 Å². The van der Waals surface area contributed by atoms with E-state index in [1.807, 2.05) is 6.92 Å². The number of carboxylic acids is 1. The molecule has 1 fully saturated rings. The Hall–Kier alpha value is -2.70. The average molecular weight is 301 g/mol. The highest BCUT2D eigenvalue weighted by Gasteiger charge is 2.32. The number of aliphatic carboxylic acids is 1. The van der Waals surface area contributed by atoms with Crippen LogP contribution in [0.5, 0.6) is 0 Å². The Morgan fingerprint density at radius 1 is 1.41 bits per heavy atom. The van der Waals surface area contributed by atoms with Crippen LogP contribution in [0.1, 0.15) is 22.3 Å². The number of carboxylic acid groups (broad SMARTS) is 1. The van der Waals surface area contributed by atoms with Crippen molar-refractivity contribution < 1.29 is 14.7 Å². The van der Waals surface area contributed by atoms with Gasteiger partial charge in [0.05, 0.1) is 5.92 Å². The first-order chi connectivity index (χ1) is 10.5. The molecule has 7 nitrogen and oxygen atoms in total. The van der Waals surface area contributed by atoms with E-state index in [1.54, 1.807) is 18.3 Å². The first-order valence-corrected chi connectivity index (χ1v) is 6.97. The summed E-state index contributed by atoms with van der Waals surface area (Å²) in [6, 6.07) is 3.52. The second-order valence-electron chi connectivity index (χ2n) is 5.48. The van der Waals surface area contributed by atoms with Gasteiger partial charge in [-0.3, -0.25) is 18.8 Å². The maximum atomic E-state index is 12.4. The number of aryl methyl sites for hydroxylation is 1. The number of carbonyl (C=O) groups excluding carboxylic acids is 1. The van der Waals surface area contributed by atoms with Gasteiger partial charge in [-0.05, 0) is 31.0 Å². The summed E-state index contributed by atoms with van der Waals surface area (Å²) in [5.74, 6) is -1.95. The summed E-state index contributed by atoms with van der Waals surface area (Å²) in [6.07, 6.45) is 3.26. The standard InChI is InChI=1S/C15H15N3O4/c1-9-2-5-18-12(6-9)16-7-11(14(18)20)13(19)17-4-3-10(8-17)15(21)22/h2,5-7,10H,3-4,8H2,1H3,(H,21,22). The summed E-state index contributed by atoms with van der Waals surface area (Å²) in [4.78, 5) is 41.4. The van der Waals surface area contributed by atoms with Gasteiger partial charge in [0.15, 0.2) is 0 Å². The van der Waals surface area contributed by atoms with Crippen LogP contribution in [0.25, 0.3) is 5.65 Å². The Labute approximate surface area is 125 Å². The van der Waals surface area contributed by atoms with E-state index in [9.17, 15) is 14.4 Å². The largest absolute Gasteiger partial charge is 0.481 e. The molecule has 22 heavy (non-hydrogen) atoms. The second-order valence-corrected chi connectivity index (χ2v) is 5.48. The van der Waals surface area contributed by atoms with Crippen molar-refractivity contribution in [2.24, 2.45) is 5.92 Å². The number of carbonyl (C=O) groups is 2. The summed E-state index contributed by atoms with van der Waals surface area (Å²) in [6.45, 7) is 2.36. The quantitative estimate of drug-likeness (QED) is 0.874. The summed E-state index contributed by atoms with van der Waals surface area (Å²) in [5.41, 5.74) is 0.974. The number of aromatic nitrogens is 2. The SMILES string of the molecule is Cc1ccn2c(=O)c(C(=O)N3CCC(C(=O)O)C3)cnc2c1. The first-order valence-electron chi connectivity index (χ1n) is 6.97. The molecule has 0 aliphatic carbocycles. The van der Waals surface area contributed by atoms with E-state index in [4.69, 9.17) is 5.11 Å². The summed E-state index contributed by atoms with van der Waals surface area (Å²) in [7, 11) is 0. The van der Waals surface area contributed by atoms with Crippen LogP contribution in [0, 0.1) is 12.8 Å². The normalized spacial score (nSPS) is 17.9. The van der Waals surface area contributed by atoms with Gasteiger partial charge in [0, 0.05) is 25.5 Å². The van der Waals surface area contributed by atoms with Crippen molar-refractivity contribution in [1.82, 2.24) is 14.3 Å². The Balaban J connectivity index is 1.95. The zero-order valence-electron chi connectivity index (χ0n) is 12.0. The van der Waals surface area contributed by atoms with Gasteiger partial charge < -0.3 is 10.0 Å². The topological polar surface area (TPSA) is 92.0 Å². The lowest BCUT2D eigenvalue weighted by Crippen LogP contribution is -2.35. The Kier molecular flexibility index (Phi) is 3.40. The fourth-order valence-electron chi connectivity index (χ4n) is 2.64. The maximum Gasteiger partial charge on any atom is 0.308 e. The van der Waals surface area contributed by atoms with Crippen molar-refractivity contribution in [2.45, 2.75) is 13.3 Å². The van der Waals surface area contributed by atoms with E-state index in [0.717, 1.165) is 5.56 Å². The monoisotopic (exact) mass is 301 g/mol. The highest BCUT2D eigenvalue weighted by molar-refractivity contribution is 5.94. The van der Waals surface area contributed by atoms with Crippen LogP contribution in [0.15, 0.2) is 29.3 Å². The minimum absolute atomic E-state index is 0.0348. The van der Waals surface area contributed by atoms with Crippen molar-refractivity contribution in [1.29, 1.82) is 0 Å². The molecule has 0 spiro atoms. The minimum atomic E-state index is -0.917. The molecule has 1 unspecified atom stereocenters. The van der Waals surface area contributed by atoms with Gasteiger partial charge in [-0.2, -0.15) is 0 Å². The van der Waals surface area contributed by atoms with E-state index in [0.29, 0.717) is 18.6 Å². The molecule has 1 atom stereocenters. The van der Waals surface area contributed by atoms with Crippen LogP contribution < -0.4 is 5.56 Å². The predicted octanol–water partition coefficient (Wildman–Crippen LogP) is 0.550. The molecule has 114 valence electrons. The molecule has 1 amide bonds. The number of nitrogens with zero attached hydrogens (tertiary/aromatic N) is 3. The smallest absolute Gasteiger partial charge is 0.308 e. The van der Waals surface area contributed by atoms with Gasteiger partial charge in [-0.1, -0.05) is 0 Å². The Morgan fingerprint density at radius 3 is 2.86 bits per heavy atom. The lowest BCUT2D eigenvalue weighted by molar-refractivity contribution is -0.141. The lowest BCUT2D eigenvalue weighted by atomic mass is 10.1. The molecule has 2 aromatic rings. The van der Waals surface area contributed by atoms with Crippen molar-refractivity contribution in [3.63, 3.8) is 0 Å². The fraction of sp³-hybridized carbons (Fsp3) is 0.333. The van der Waals surface area contributed by atoms with E-state index in [2.05, 4.69) is 4.98 Å². The minimum Gasteiger partial charge on any atom is -0.481 e. The molecule has 1 saturated heterocycles. The molecule has 0 aromatic carbocycles. The average Bonchev–Trinajstić information content (AvgIpc) is 2.97. The third-order valence-corrected chi connectivity index (χ3v) is 3.92. The number of fused-ring (bicyclic) bond motifs is 1. The highest BCUT2D eigenvalue weighted by atomic mass is 16.4. The summed E-state index contributed by atoms with van der Waals surface area (Å²) >= 11 is 0. The number of hydrogen-bond acceptors (Lipinski definition) is 4. The lowest BCUT2D eigenvalue weighted by Gasteiger charge is -2.15. The van der Waals surface area contributed by atoms with Crippen LogP contribution in [0.2, 0.25) is 0 Å². The van der Waals surface area contributed by atoms with Crippen molar-refractivity contribution in [3.8, 4) is 0 Å². The third-order valence-electron chi connectivity index (χ3n) is 3.92. The van der Waals surface area contributed by atoms with Gasteiger partial charge >= 0.3 is 5.97 Å². The fourth-order valence-corrected chi connectivity index (χ4v) is 2.64. The zero-order valence-corrected chi connectivity index (χ0v) is 12.0. The van der Waals surface area contributed by atoms with E-state index in [1.165, 1.54) is 15.5 Å². The highest BCUT2D eigenvalue weighted by Crippen LogP contribution is 2.18. The summed E-state index contributed by atoms with van der Waals surface area (Å²) < 4.78 is 1.32. The first kappa shape index (κ1) is 14.2. The van der Waals surface area contributed by atoms with Crippen LogP contribution in [-0.2, 0) is 4.79 Å². The molecular formula is C15H15N3O4. The van der Waals surface area contributed by atoms with Gasteiger partial charge in [0.1, 0.15) is 11.2 Å². The van der Waals surface area contributed by atoms with Gasteiger partial charge in [0.2, 0.25) is 0 Å². The van der Waals surface area contributed by atoms with Crippen LogP contribution >= 0.6 is 0 Å². The second kappa shape index (κ2) is 5.25. The molecule has 0 bridgehead atoms. The van der Waals surface area contributed by atoms with E-state index < -0.39 is 23.4 Å². The number of pyridine rings is 1. The van der Waals surface area contributed by atoms with Crippen molar-refractivity contribution >= 4 is 17.5 Å². The van der Waals surface area contributed by atoms with Gasteiger partial charge in [-0.25, -0.2) is 4.98 Å². The molecule has 2 aromatic heterocycles. The third kappa shape index (κ3) is 2.34. The van der Waals surface area contributed by atoms with Crippen LogP contribution in [0.4, 0.5) is 0 Å². The van der Waals surface area contributed by atoms with E-state index in [-0.39, 0.29) is 12.1 Å². The predicted molar refractivity (Wildman–Crippen MR) is 77.8 cm³/mol. The zero-order chi connectivity index (χ0) is 15.9. The van der Waals surface area contributed by atoms with Crippen molar-refractivity contribution in [3.05, 3.63) is 46.0 Å². The number of rotatable bonds is 2.